The van der Waals surface area contributed by atoms with Crippen molar-refractivity contribution in [3.8, 4) is 0 Å². The molecule has 9 nitrogen and oxygen atoms in total. The van der Waals surface area contributed by atoms with Gasteiger partial charge in [0.25, 0.3) is 7.82 Å². The zero-order valence-electron chi connectivity index (χ0n) is 60.6. The van der Waals surface area contributed by atoms with Gasteiger partial charge < -0.3 is 27.9 Å². The molecule has 2 atom stereocenters. The molecule has 0 saturated heterocycles. The van der Waals surface area contributed by atoms with E-state index in [9.17, 15) is 19.0 Å². The fourth-order valence-electron chi connectivity index (χ4n) is 11.8. The smallest absolute Gasteiger partial charge is 0.306 e. The van der Waals surface area contributed by atoms with Crippen molar-refractivity contribution in [2.45, 2.75) is 405 Å². The molecule has 0 rings (SSSR count). The van der Waals surface area contributed by atoms with Gasteiger partial charge in [0.05, 0.1) is 27.7 Å². The Kier molecular flexibility index (Phi) is 69.7. The quantitative estimate of drug-likeness (QED) is 0.0195. The molecule has 0 saturated carbocycles. The monoisotopic (exact) mass is 1290 g/mol. The minimum absolute atomic E-state index is 0.0280. The van der Waals surface area contributed by atoms with Crippen LogP contribution in [0.5, 0.6) is 0 Å². The van der Waals surface area contributed by atoms with E-state index < -0.39 is 26.5 Å². The summed E-state index contributed by atoms with van der Waals surface area (Å²) in [7, 11) is 1.19. The molecular weight excluding hydrogens is 1130 g/mol. The SMILES string of the molecule is CCCCCCC/C=C\C/C=C\CCCCCCCCCCCCCCCCCCCCCCCCCC(=O)OC(COC(=O)CCCCCCCCCCCCCCCCCCCCC/C=C\C/C=C\CCCCCCC)COP(=O)([O-])OCC[N+](C)(C)C. The molecule has 0 aliphatic rings. The summed E-state index contributed by atoms with van der Waals surface area (Å²) in [6, 6.07) is 0. The molecule has 0 aromatic rings. The molecule has 0 N–H and O–H groups in total. The van der Waals surface area contributed by atoms with Gasteiger partial charge in [-0.25, -0.2) is 0 Å². The number of likely N-dealkylation sites (N-methyl/N-ethyl adjacent to an activating group) is 1. The molecule has 0 spiro atoms. The lowest BCUT2D eigenvalue weighted by Gasteiger charge is -2.28. The Labute approximate surface area is 560 Å². The number of hydrogen-bond acceptors (Lipinski definition) is 8. The second-order valence-corrected chi connectivity index (χ2v) is 29.5. The van der Waals surface area contributed by atoms with Crippen molar-refractivity contribution in [3.05, 3.63) is 48.6 Å². The van der Waals surface area contributed by atoms with Gasteiger partial charge >= 0.3 is 11.9 Å². The number of phosphoric ester groups is 1. The van der Waals surface area contributed by atoms with Crippen molar-refractivity contribution in [1.29, 1.82) is 0 Å². The standard InChI is InChI=1S/C80H152NO8P/c1-6-8-10-12-14-16-18-20-22-24-26-28-30-32-34-36-38-39-40-41-43-45-47-49-51-53-55-57-59-61-63-65-67-69-71-73-80(83)89-78(77-88-90(84,85)87-75-74-81(3,4)5)76-86-79(82)72-70-68-66-64-62-60-58-56-54-52-50-48-46-44-42-37-35-33-31-29-27-25-23-21-19-17-15-13-11-9-7-2/h18-21,24-27,78H,6-17,22-23,28-77H2,1-5H3/b20-18-,21-19-,26-24-,27-25-. The lowest BCUT2D eigenvalue weighted by molar-refractivity contribution is -0.870. The number of allylic oxidation sites excluding steroid dienone is 8. The minimum Gasteiger partial charge on any atom is -0.756 e. The number of phosphoric acid groups is 1. The first-order valence-electron chi connectivity index (χ1n) is 39.3. The number of esters is 2. The summed E-state index contributed by atoms with van der Waals surface area (Å²) in [6.07, 6.45) is 93.7. The molecule has 10 heteroatoms. The minimum atomic E-state index is -4.64. The van der Waals surface area contributed by atoms with E-state index in [1.54, 1.807) is 0 Å². The summed E-state index contributed by atoms with van der Waals surface area (Å²) in [6.45, 7) is 4.29. The highest BCUT2D eigenvalue weighted by molar-refractivity contribution is 7.45. The highest BCUT2D eigenvalue weighted by Crippen LogP contribution is 2.38. The van der Waals surface area contributed by atoms with E-state index in [2.05, 4.69) is 62.5 Å². The Balaban J connectivity index is 3.93. The number of ether oxygens (including phenoxy) is 2. The highest BCUT2D eigenvalue weighted by atomic mass is 31.2. The van der Waals surface area contributed by atoms with E-state index in [4.69, 9.17) is 18.5 Å². The van der Waals surface area contributed by atoms with E-state index in [1.807, 2.05) is 21.1 Å². The molecule has 0 amide bonds. The maximum Gasteiger partial charge on any atom is 0.306 e. The number of carbonyl (C=O) groups is 2. The summed E-state index contributed by atoms with van der Waals surface area (Å²) in [5.74, 6) is -0.809. The fraction of sp³-hybridized carbons (Fsp3) is 0.875. The summed E-state index contributed by atoms with van der Waals surface area (Å²) < 4.78 is 34.4. The normalized spacial score (nSPS) is 13.3. The Bertz CT molecular complexity index is 1660. The van der Waals surface area contributed by atoms with Gasteiger partial charge in [0.2, 0.25) is 0 Å². The maximum atomic E-state index is 12.9. The predicted octanol–water partition coefficient (Wildman–Crippen LogP) is 25.3. The summed E-state index contributed by atoms with van der Waals surface area (Å²) in [5, 5.41) is 0. The van der Waals surface area contributed by atoms with Gasteiger partial charge in [-0.3, -0.25) is 14.2 Å². The first-order valence-corrected chi connectivity index (χ1v) is 40.8. The Morgan fingerprint density at radius 2 is 0.600 bits per heavy atom. The summed E-state index contributed by atoms with van der Waals surface area (Å²) in [4.78, 5) is 38.2. The van der Waals surface area contributed by atoms with Gasteiger partial charge in [0.15, 0.2) is 6.10 Å². The predicted molar refractivity (Wildman–Crippen MR) is 388 cm³/mol. The van der Waals surface area contributed by atoms with Gasteiger partial charge in [0, 0.05) is 12.8 Å². The van der Waals surface area contributed by atoms with Gasteiger partial charge in [-0.05, 0) is 77.0 Å². The number of hydrogen-bond donors (Lipinski definition) is 0. The van der Waals surface area contributed by atoms with E-state index in [0.717, 1.165) is 44.9 Å². The van der Waals surface area contributed by atoms with Crippen LogP contribution in [0.4, 0.5) is 0 Å². The van der Waals surface area contributed by atoms with Crippen LogP contribution in [0, 0.1) is 0 Å². The van der Waals surface area contributed by atoms with Crippen LogP contribution in [-0.4, -0.2) is 70.0 Å². The molecule has 0 aromatic carbocycles. The molecule has 90 heavy (non-hydrogen) atoms. The van der Waals surface area contributed by atoms with Crippen LogP contribution < -0.4 is 4.89 Å². The van der Waals surface area contributed by atoms with Gasteiger partial charge in [-0.1, -0.05) is 358 Å². The molecule has 530 valence electrons. The molecule has 0 aliphatic carbocycles. The number of nitrogens with zero attached hydrogens (tertiary/aromatic N) is 1. The Morgan fingerprint density at radius 1 is 0.344 bits per heavy atom. The van der Waals surface area contributed by atoms with Crippen LogP contribution in [-0.2, 0) is 32.7 Å². The van der Waals surface area contributed by atoms with Gasteiger partial charge in [0.1, 0.15) is 19.8 Å². The highest BCUT2D eigenvalue weighted by Gasteiger charge is 2.22. The molecule has 0 bridgehead atoms. The summed E-state index contributed by atoms with van der Waals surface area (Å²) in [5.41, 5.74) is 0. The van der Waals surface area contributed by atoms with Crippen molar-refractivity contribution >= 4 is 19.8 Å². The molecule has 0 fully saturated rings. The molecule has 0 aliphatic heterocycles. The Hall–Kier alpha value is -2.03. The molecule has 0 aromatic heterocycles. The zero-order chi connectivity index (χ0) is 65.5. The van der Waals surface area contributed by atoms with Crippen LogP contribution in [0.25, 0.3) is 0 Å². The lowest BCUT2D eigenvalue weighted by Crippen LogP contribution is -2.37. The lowest BCUT2D eigenvalue weighted by atomic mass is 10.0. The fourth-order valence-corrected chi connectivity index (χ4v) is 12.5. The third-order valence-electron chi connectivity index (χ3n) is 17.8. The topological polar surface area (TPSA) is 111 Å². The average molecular weight is 1290 g/mol. The Morgan fingerprint density at radius 3 is 0.878 bits per heavy atom. The van der Waals surface area contributed by atoms with E-state index in [1.165, 1.54) is 321 Å². The van der Waals surface area contributed by atoms with Gasteiger partial charge in [-0.15, -0.1) is 0 Å². The second kappa shape index (κ2) is 71.3. The van der Waals surface area contributed by atoms with Crippen molar-refractivity contribution in [1.82, 2.24) is 0 Å². The number of carbonyl (C=O) groups excluding carboxylic acids is 2. The average Bonchev–Trinajstić information content (AvgIpc) is 3.61. The second-order valence-electron chi connectivity index (χ2n) is 28.1. The molecule has 0 heterocycles. The van der Waals surface area contributed by atoms with Crippen molar-refractivity contribution in [2.75, 3.05) is 47.5 Å². The first kappa shape index (κ1) is 88.0. The van der Waals surface area contributed by atoms with Crippen LogP contribution >= 0.6 is 7.82 Å². The number of unbranched alkanes of at least 4 members (excludes halogenated alkanes) is 52. The van der Waals surface area contributed by atoms with Gasteiger partial charge in [-0.2, -0.15) is 0 Å². The summed E-state index contributed by atoms with van der Waals surface area (Å²) >= 11 is 0. The largest absolute Gasteiger partial charge is 0.756 e. The van der Waals surface area contributed by atoms with Crippen molar-refractivity contribution in [3.63, 3.8) is 0 Å². The van der Waals surface area contributed by atoms with Crippen LogP contribution in [0.3, 0.4) is 0 Å². The van der Waals surface area contributed by atoms with Crippen LogP contribution in [0.1, 0.15) is 399 Å². The van der Waals surface area contributed by atoms with Crippen molar-refractivity contribution < 1.29 is 42.1 Å². The number of rotatable bonds is 74. The first-order chi connectivity index (χ1) is 44.0. The zero-order valence-corrected chi connectivity index (χ0v) is 61.5. The van der Waals surface area contributed by atoms with E-state index >= 15 is 0 Å². The third-order valence-corrected chi connectivity index (χ3v) is 18.8. The third kappa shape index (κ3) is 75.0. The molecular formula is C80H152NO8P. The van der Waals surface area contributed by atoms with Crippen LogP contribution in [0.2, 0.25) is 0 Å². The number of quaternary nitrogens is 1. The van der Waals surface area contributed by atoms with Crippen LogP contribution in [0.15, 0.2) is 48.6 Å². The van der Waals surface area contributed by atoms with E-state index in [-0.39, 0.29) is 32.0 Å². The van der Waals surface area contributed by atoms with E-state index in [0.29, 0.717) is 17.4 Å². The maximum absolute atomic E-state index is 12.9. The molecule has 0 radical (unpaired) electrons. The van der Waals surface area contributed by atoms with Crippen molar-refractivity contribution in [2.24, 2.45) is 0 Å². The molecule has 2 unspecified atom stereocenters.